The van der Waals surface area contributed by atoms with Crippen LogP contribution in [0.15, 0.2) is 60.7 Å². The Kier molecular flexibility index (Phi) is 11.1. The third-order valence-corrected chi connectivity index (χ3v) is 4.84. The molecule has 0 aromatic heterocycles. The first-order valence-corrected chi connectivity index (χ1v) is 10.9. The molecule has 0 fully saturated rings. The fourth-order valence-electron chi connectivity index (χ4n) is 2.88. The summed E-state index contributed by atoms with van der Waals surface area (Å²) in [5.74, 6) is -0.371. The largest absolute Gasteiger partial charge is 0.444 e. The van der Waals surface area contributed by atoms with Gasteiger partial charge in [-0.3, -0.25) is 4.79 Å². The molecule has 33 heavy (non-hydrogen) atoms. The van der Waals surface area contributed by atoms with Crippen molar-refractivity contribution in [2.75, 3.05) is 19.8 Å². The Balaban J connectivity index is 2.00. The third kappa shape index (κ3) is 9.43. The van der Waals surface area contributed by atoms with E-state index in [0.29, 0.717) is 6.42 Å². The van der Waals surface area contributed by atoms with Crippen LogP contribution in [0.2, 0.25) is 0 Å². The molecule has 2 N–H and O–H groups in total. The van der Waals surface area contributed by atoms with Crippen LogP contribution in [0.25, 0.3) is 0 Å². The second kappa shape index (κ2) is 14.0. The van der Waals surface area contributed by atoms with E-state index in [-0.39, 0.29) is 32.3 Å². The van der Waals surface area contributed by atoms with Gasteiger partial charge in [-0.05, 0) is 23.5 Å². The van der Waals surface area contributed by atoms with Gasteiger partial charge in [0.2, 0.25) is 0 Å². The minimum absolute atomic E-state index is 0.0182. The molecule has 0 saturated carbocycles. The molecule has 8 nitrogen and oxygen atoms in total. The zero-order chi connectivity index (χ0) is 24.1. The summed E-state index contributed by atoms with van der Waals surface area (Å²) in [6, 6.07) is 16.6. The number of imide groups is 1. The number of ketones is 1. The van der Waals surface area contributed by atoms with Crippen LogP contribution in [-0.4, -0.2) is 53.7 Å². The number of nitrogens with zero attached hydrogens (tertiary/aromatic N) is 1. The average molecular weight is 457 g/mol. The fourth-order valence-corrected chi connectivity index (χ4v) is 2.88. The normalized spacial score (nSPS) is 11.6. The second-order valence-electron chi connectivity index (χ2n) is 8.00. The van der Waals surface area contributed by atoms with Gasteiger partial charge in [0, 0.05) is 6.54 Å². The first-order valence-electron chi connectivity index (χ1n) is 10.9. The number of aliphatic hydroxyl groups is 1. The summed E-state index contributed by atoms with van der Waals surface area (Å²) in [7, 11) is 0. The quantitative estimate of drug-likeness (QED) is 0.506. The lowest BCUT2D eigenvalue weighted by atomic mass is 10.1. The highest BCUT2D eigenvalue weighted by atomic mass is 16.6. The Hall–Kier alpha value is -3.23. The van der Waals surface area contributed by atoms with Crippen LogP contribution in [0.4, 0.5) is 9.59 Å². The fraction of sp³-hybridized carbons (Fsp3) is 0.400. The number of amides is 3. The SMILES string of the molecule is CC(C)CCN(C(=O)N[C@@H](COCc1ccccc1)C(=O)CO)C(=O)OCc1ccccc1. The predicted octanol–water partition coefficient (Wildman–Crippen LogP) is 3.53. The zero-order valence-electron chi connectivity index (χ0n) is 19.1. The van der Waals surface area contributed by atoms with E-state index in [0.717, 1.165) is 16.0 Å². The van der Waals surface area contributed by atoms with E-state index in [4.69, 9.17) is 9.47 Å². The van der Waals surface area contributed by atoms with Gasteiger partial charge in [0.25, 0.3) is 0 Å². The summed E-state index contributed by atoms with van der Waals surface area (Å²) in [4.78, 5) is 38.7. The number of nitrogens with one attached hydrogen (secondary N) is 1. The second-order valence-corrected chi connectivity index (χ2v) is 8.00. The summed E-state index contributed by atoms with van der Waals surface area (Å²) in [6.45, 7) is 3.43. The molecule has 3 amide bonds. The van der Waals surface area contributed by atoms with Crippen LogP contribution in [-0.2, 0) is 27.5 Å². The van der Waals surface area contributed by atoms with Crippen molar-refractivity contribution < 1.29 is 29.0 Å². The Morgan fingerprint density at radius 2 is 1.52 bits per heavy atom. The summed E-state index contributed by atoms with van der Waals surface area (Å²) in [6.07, 6.45) is -0.242. The highest BCUT2D eigenvalue weighted by molar-refractivity contribution is 5.95. The summed E-state index contributed by atoms with van der Waals surface area (Å²) < 4.78 is 10.9. The van der Waals surface area contributed by atoms with Gasteiger partial charge in [0.1, 0.15) is 19.3 Å². The molecular weight excluding hydrogens is 424 g/mol. The molecule has 2 aromatic rings. The lowest BCUT2D eigenvalue weighted by Crippen LogP contribution is -2.52. The first kappa shape index (κ1) is 26.0. The van der Waals surface area contributed by atoms with Crippen LogP contribution in [0.1, 0.15) is 31.4 Å². The van der Waals surface area contributed by atoms with Gasteiger partial charge >= 0.3 is 12.1 Å². The van der Waals surface area contributed by atoms with E-state index < -0.39 is 30.6 Å². The van der Waals surface area contributed by atoms with Crippen LogP contribution in [0.3, 0.4) is 0 Å². The van der Waals surface area contributed by atoms with Crippen LogP contribution < -0.4 is 5.32 Å². The summed E-state index contributed by atoms with van der Waals surface area (Å²) in [5, 5.41) is 11.8. The number of carbonyl (C=O) groups is 3. The van der Waals surface area contributed by atoms with Crippen molar-refractivity contribution >= 4 is 17.9 Å². The van der Waals surface area contributed by atoms with Gasteiger partial charge < -0.3 is 19.9 Å². The lowest BCUT2D eigenvalue weighted by Gasteiger charge is -2.24. The number of hydrogen-bond donors (Lipinski definition) is 2. The number of Topliss-reactive ketones (excluding diaryl/α,β-unsaturated/α-hetero) is 1. The van der Waals surface area contributed by atoms with E-state index in [1.54, 1.807) is 0 Å². The topological polar surface area (TPSA) is 105 Å². The Morgan fingerprint density at radius 1 is 0.939 bits per heavy atom. The molecule has 0 radical (unpaired) electrons. The molecule has 8 heteroatoms. The summed E-state index contributed by atoms with van der Waals surface area (Å²) in [5.41, 5.74) is 1.69. The number of hydrogen-bond acceptors (Lipinski definition) is 6. The van der Waals surface area contributed by atoms with Crippen molar-refractivity contribution in [2.45, 2.75) is 39.5 Å². The van der Waals surface area contributed by atoms with Crippen molar-refractivity contribution in [1.82, 2.24) is 10.2 Å². The molecule has 2 aromatic carbocycles. The molecule has 0 aliphatic rings. The van der Waals surface area contributed by atoms with Crippen LogP contribution in [0, 0.1) is 5.92 Å². The Labute approximate surface area is 194 Å². The van der Waals surface area contributed by atoms with Crippen molar-refractivity contribution in [1.29, 1.82) is 0 Å². The van der Waals surface area contributed by atoms with E-state index in [2.05, 4.69) is 5.32 Å². The lowest BCUT2D eigenvalue weighted by molar-refractivity contribution is -0.125. The van der Waals surface area contributed by atoms with Gasteiger partial charge in [0.05, 0.1) is 13.2 Å². The van der Waals surface area contributed by atoms with Gasteiger partial charge in [-0.15, -0.1) is 0 Å². The van der Waals surface area contributed by atoms with Crippen molar-refractivity contribution in [2.24, 2.45) is 5.92 Å². The minimum Gasteiger partial charge on any atom is -0.444 e. The van der Waals surface area contributed by atoms with Gasteiger partial charge in [-0.1, -0.05) is 74.5 Å². The maximum absolute atomic E-state index is 12.9. The maximum atomic E-state index is 12.9. The van der Waals surface area contributed by atoms with Crippen LogP contribution >= 0.6 is 0 Å². The molecule has 2 rings (SSSR count). The monoisotopic (exact) mass is 456 g/mol. The number of rotatable bonds is 12. The van der Waals surface area contributed by atoms with Crippen molar-refractivity contribution in [3.63, 3.8) is 0 Å². The molecule has 1 atom stereocenters. The van der Waals surface area contributed by atoms with Gasteiger partial charge in [-0.25, -0.2) is 14.5 Å². The van der Waals surface area contributed by atoms with E-state index >= 15 is 0 Å². The van der Waals surface area contributed by atoms with Crippen LogP contribution in [0.5, 0.6) is 0 Å². The predicted molar refractivity (Wildman–Crippen MR) is 123 cm³/mol. The highest BCUT2D eigenvalue weighted by Crippen LogP contribution is 2.08. The highest BCUT2D eigenvalue weighted by Gasteiger charge is 2.28. The number of urea groups is 1. The summed E-state index contributed by atoms with van der Waals surface area (Å²) >= 11 is 0. The molecule has 0 heterocycles. The molecule has 0 aliphatic carbocycles. The molecule has 178 valence electrons. The number of aliphatic hydroxyl groups excluding tert-OH is 1. The number of benzene rings is 2. The molecule has 0 spiro atoms. The number of carbonyl (C=O) groups excluding carboxylic acids is 3. The molecule has 0 aliphatic heterocycles. The zero-order valence-corrected chi connectivity index (χ0v) is 19.1. The van der Waals surface area contributed by atoms with Crippen molar-refractivity contribution in [3.05, 3.63) is 71.8 Å². The molecule has 0 saturated heterocycles. The standard InChI is InChI=1S/C25H32N2O6/c1-19(2)13-14-27(25(31)33-17-21-11-7-4-8-12-21)24(30)26-22(23(29)15-28)18-32-16-20-9-5-3-6-10-20/h3-12,19,22,28H,13-18H2,1-2H3,(H,26,30)/t22-/m0/s1. The van der Waals surface area contributed by atoms with E-state index in [1.165, 1.54) is 0 Å². The van der Waals surface area contributed by atoms with Crippen molar-refractivity contribution in [3.8, 4) is 0 Å². The maximum Gasteiger partial charge on any atom is 0.418 e. The average Bonchev–Trinajstić information content (AvgIpc) is 2.82. The molecular formula is C25H32N2O6. The van der Waals surface area contributed by atoms with E-state index in [9.17, 15) is 19.5 Å². The van der Waals surface area contributed by atoms with E-state index in [1.807, 2.05) is 74.5 Å². The first-order chi connectivity index (χ1) is 15.9. The minimum atomic E-state index is -1.10. The molecule has 0 bridgehead atoms. The number of ether oxygens (including phenoxy) is 2. The Bertz CT molecular complexity index is 873. The smallest absolute Gasteiger partial charge is 0.418 e. The Morgan fingerprint density at radius 3 is 2.06 bits per heavy atom. The van der Waals surface area contributed by atoms with Gasteiger partial charge in [0.15, 0.2) is 5.78 Å². The molecule has 0 unspecified atom stereocenters. The van der Waals surface area contributed by atoms with Gasteiger partial charge in [-0.2, -0.15) is 0 Å². The third-order valence-electron chi connectivity index (χ3n) is 4.84.